The van der Waals surface area contributed by atoms with E-state index in [1.165, 1.54) is 0 Å². The molecule has 0 aliphatic rings. The van der Waals surface area contributed by atoms with Gasteiger partial charge < -0.3 is 10.2 Å². The summed E-state index contributed by atoms with van der Waals surface area (Å²) >= 11 is 0. The van der Waals surface area contributed by atoms with Gasteiger partial charge in [-0.2, -0.15) is 0 Å². The highest BCUT2D eigenvalue weighted by molar-refractivity contribution is 5.75. The average molecular weight is 260 g/mol. The van der Waals surface area contributed by atoms with Gasteiger partial charge in [0.2, 0.25) is 5.91 Å². The predicted octanol–water partition coefficient (Wildman–Crippen LogP) is 3.69. The summed E-state index contributed by atoms with van der Waals surface area (Å²) in [5.41, 5.74) is 0. The Hall–Kier alpha value is -0.570. The maximum Gasteiger partial charge on any atom is 0.220 e. The molecule has 0 rings (SSSR count). The minimum absolute atomic E-state index is 0.194. The first-order valence-electron chi connectivity index (χ1n) is 7.73. The van der Waals surface area contributed by atoms with Crippen LogP contribution >= 0.6 is 0 Å². The second-order valence-electron chi connectivity index (χ2n) is 3.48. The van der Waals surface area contributed by atoms with Gasteiger partial charge in [-0.15, -0.1) is 0 Å². The second-order valence-corrected chi connectivity index (χ2v) is 3.48. The molecular formula is C15H36N2O. The third kappa shape index (κ3) is 17.8. The number of amides is 1. The van der Waals surface area contributed by atoms with E-state index in [0.29, 0.717) is 6.42 Å². The molecule has 0 atom stereocenters. The SMILES string of the molecule is CC.CC.CCCNC(=O)CCCN(CC)CC. The van der Waals surface area contributed by atoms with Crippen LogP contribution in [0.1, 0.15) is 67.7 Å². The van der Waals surface area contributed by atoms with Crippen molar-refractivity contribution in [1.29, 1.82) is 0 Å². The minimum Gasteiger partial charge on any atom is -0.356 e. The van der Waals surface area contributed by atoms with Crippen LogP contribution in [0.2, 0.25) is 0 Å². The van der Waals surface area contributed by atoms with E-state index in [4.69, 9.17) is 0 Å². The topological polar surface area (TPSA) is 32.3 Å². The Morgan fingerprint density at radius 3 is 1.89 bits per heavy atom. The lowest BCUT2D eigenvalue weighted by Crippen LogP contribution is -2.27. The molecule has 1 N–H and O–H groups in total. The van der Waals surface area contributed by atoms with Crippen LogP contribution in [0.5, 0.6) is 0 Å². The third-order valence-corrected chi connectivity index (χ3v) is 2.34. The molecule has 0 radical (unpaired) electrons. The molecule has 0 aromatic heterocycles. The summed E-state index contributed by atoms with van der Waals surface area (Å²) in [6.07, 6.45) is 2.65. The molecular weight excluding hydrogens is 224 g/mol. The van der Waals surface area contributed by atoms with Gasteiger partial charge in [0.05, 0.1) is 0 Å². The molecule has 0 aliphatic carbocycles. The summed E-state index contributed by atoms with van der Waals surface area (Å²) in [5, 5.41) is 2.88. The average Bonchev–Trinajstić information content (AvgIpc) is 2.45. The fourth-order valence-corrected chi connectivity index (χ4v) is 1.36. The molecule has 0 aliphatic heterocycles. The van der Waals surface area contributed by atoms with Crippen LogP contribution in [0, 0.1) is 0 Å². The quantitative estimate of drug-likeness (QED) is 0.722. The van der Waals surface area contributed by atoms with Gasteiger partial charge in [0, 0.05) is 13.0 Å². The van der Waals surface area contributed by atoms with E-state index >= 15 is 0 Å². The lowest BCUT2D eigenvalue weighted by atomic mass is 10.2. The van der Waals surface area contributed by atoms with Gasteiger partial charge in [-0.25, -0.2) is 0 Å². The van der Waals surface area contributed by atoms with Gasteiger partial charge >= 0.3 is 0 Å². The van der Waals surface area contributed by atoms with Crippen molar-refractivity contribution in [3.8, 4) is 0 Å². The third-order valence-electron chi connectivity index (χ3n) is 2.34. The summed E-state index contributed by atoms with van der Waals surface area (Å²) in [6.45, 7) is 18.4. The first-order valence-corrected chi connectivity index (χ1v) is 7.73. The van der Waals surface area contributed by atoms with Gasteiger partial charge in [0.25, 0.3) is 0 Å². The van der Waals surface area contributed by atoms with Crippen LogP contribution in [0.3, 0.4) is 0 Å². The highest BCUT2D eigenvalue weighted by Gasteiger charge is 2.02. The lowest BCUT2D eigenvalue weighted by Gasteiger charge is -2.17. The van der Waals surface area contributed by atoms with Gasteiger partial charge in [0.15, 0.2) is 0 Å². The highest BCUT2D eigenvalue weighted by atomic mass is 16.1. The number of carbonyl (C=O) groups is 1. The Labute approximate surface area is 115 Å². The molecule has 112 valence electrons. The summed E-state index contributed by atoms with van der Waals surface area (Å²) in [5.74, 6) is 0.194. The number of nitrogens with zero attached hydrogens (tertiary/aromatic N) is 1. The number of rotatable bonds is 8. The molecule has 0 unspecified atom stereocenters. The normalized spacial score (nSPS) is 8.89. The van der Waals surface area contributed by atoms with E-state index in [9.17, 15) is 4.79 Å². The first-order chi connectivity index (χ1) is 8.74. The molecule has 0 fully saturated rings. The Kier molecular flexibility index (Phi) is 27.2. The van der Waals surface area contributed by atoms with Gasteiger partial charge in [-0.1, -0.05) is 48.5 Å². The molecule has 0 aromatic rings. The van der Waals surface area contributed by atoms with Crippen LogP contribution in [-0.2, 0) is 4.79 Å². The van der Waals surface area contributed by atoms with Crippen molar-refractivity contribution >= 4 is 5.91 Å². The van der Waals surface area contributed by atoms with Crippen LogP contribution < -0.4 is 5.32 Å². The Balaban J connectivity index is -0.000000506. The predicted molar refractivity (Wildman–Crippen MR) is 83.0 cm³/mol. The van der Waals surface area contributed by atoms with Crippen LogP contribution in [0.4, 0.5) is 0 Å². The number of nitrogens with one attached hydrogen (secondary N) is 1. The van der Waals surface area contributed by atoms with E-state index in [-0.39, 0.29) is 5.91 Å². The molecule has 0 saturated carbocycles. The lowest BCUT2D eigenvalue weighted by molar-refractivity contribution is -0.121. The van der Waals surface area contributed by atoms with Gasteiger partial charge in [-0.3, -0.25) is 4.79 Å². The Morgan fingerprint density at radius 2 is 1.50 bits per heavy atom. The van der Waals surface area contributed by atoms with Crippen LogP contribution in [0.25, 0.3) is 0 Å². The maximum absolute atomic E-state index is 11.2. The zero-order valence-electron chi connectivity index (χ0n) is 13.8. The maximum atomic E-state index is 11.2. The van der Waals surface area contributed by atoms with Crippen molar-refractivity contribution in [2.75, 3.05) is 26.2 Å². The smallest absolute Gasteiger partial charge is 0.220 e. The van der Waals surface area contributed by atoms with Gasteiger partial charge in [-0.05, 0) is 32.5 Å². The van der Waals surface area contributed by atoms with E-state index in [1.807, 2.05) is 27.7 Å². The van der Waals surface area contributed by atoms with Crippen molar-refractivity contribution in [1.82, 2.24) is 10.2 Å². The molecule has 0 saturated heterocycles. The zero-order chi connectivity index (χ0) is 14.8. The molecule has 0 aromatic carbocycles. The molecule has 0 bridgehead atoms. The Morgan fingerprint density at radius 1 is 1.00 bits per heavy atom. The van der Waals surface area contributed by atoms with Crippen LogP contribution in [0.15, 0.2) is 0 Å². The minimum atomic E-state index is 0.194. The summed E-state index contributed by atoms with van der Waals surface area (Å²) in [7, 11) is 0. The summed E-state index contributed by atoms with van der Waals surface area (Å²) < 4.78 is 0. The summed E-state index contributed by atoms with van der Waals surface area (Å²) in [4.78, 5) is 13.6. The first kappa shape index (κ1) is 22.6. The summed E-state index contributed by atoms with van der Waals surface area (Å²) in [6, 6.07) is 0. The van der Waals surface area contributed by atoms with Gasteiger partial charge in [0.1, 0.15) is 0 Å². The molecule has 3 heteroatoms. The van der Waals surface area contributed by atoms with E-state index in [0.717, 1.165) is 39.0 Å². The zero-order valence-corrected chi connectivity index (χ0v) is 13.8. The van der Waals surface area contributed by atoms with E-state index in [2.05, 4.69) is 31.0 Å². The number of carbonyl (C=O) groups excluding carboxylic acids is 1. The number of hydrogen-bond acceptors (Lipinski definition) is 2. The van der Waals surface area contributed by atoms with Crippen molar-refractivity contribution in [2.45, 2.75) is 67.7 Å². The monoisotopic (exact) mass is 260 g/mol. The molecule has 0 spiro atoms. The van der Waals surface area contributed by atoms with Crippen molar-refractivity contribution in [2.24, 2.45) is 0 Å². The van der Waals surface area contributed by atoms with Crippen LogP contribution in [-0.4, -0.2) is 37.0 Å². The highest BCUT2D eigenvalue weighted by Crippen LogP contribution is 1.94. The largest absolute Gasteiger partial charge is 0.356 e. The van der Waals surface area contributed by atoms with E-state index < -0.39 is 0 Å². The standard InChI is InChI=1S/C11H24N2O.2C2H6/c1-4-9-12-11(14)8-7-10-13(5-2)6-3;2*1-2/h4-10H2,1-3H3,(H,12,14);2*1-2H3. The molecule has 1 amide bonds. The van der Waals surface area contributed by atoms with Crippen molar-refractivity contribution in [3.05, 3.63) is 0 Å². The fourth-order valence-electron chi connectivity index (χ4n) is 1.36. The van der Waals surface area contributed by atoms with Crippen molar-refractivity contribution < 1.29 is 4.79 Å². The fraction of sp³-hybridized carbons (Fsp3) is 0.933. The molecule has 18 heavy (non-hydrogen) atoms. The van der Waals surface area contributed by atoms with E-state index in [1.54, 1.807) is 0 Å². The Bertz CT molecular complexity index is 145. The second kappa shape index (κ2) is 21.7. The van der Waals surface area contributed by atoms with Crippen molar-refractivity contribution in [3.63, 3.8) is 0 Å². The number of hydrogen-bond donors (Lipinski definition) is 1. The molecule has 0 heterocycles. The molecule has 3 nitrogen and oxygen atoms in total.